The molecule has 10 heteroatoms. The topological polar surface area (TPSA) is 108 Å². The predicted molar refractivity (Wildman–Crippen MR) is 111 cm³/mol. The molecular weight excluding hydrogens is 406 g/mol. The predicted octanol–water partition coefficient (Wildman–Crippen LogP) is 3.84. The number of nitrogens with one attached hydrogen (secondary N) is 1. The van der Waals surface area contributed by atoms with Gasteiger partial charge < -0.3 is 18.7 Å². The van der Waals surface area contributed by atoms with Gasteiger partial charge in [0.05, 0.1) is 32.6 Å². The zero-order valence-corrected chi connectivity index (χ0v) is 17.4. The highest BCUT2D eigenvalue weighted by molar-refractivity contribution is 7.98. The number of thioether (sulfide) groups is 1. The van der Waals surface area contributed by atoms with Crippen molar-refractivity contribution in [1.82, 2.24) is 25.3 Å². The largest absolute Gasteiger partial charge is 0.497 e. The monoisotopic (exact) mass is 425 g/mol. The summed E-state index contributed by atoms with van der Waals surface area (Å²) in [7, 11) is 4.83. The van der Waals surface area contributed by atoms with Crippen molar-refractivity contribution >= 4 is 11.8 Å². The first kappa shape index (κ1) is 19.8. The molecule has 0 saturated heterocycles. The van der Waals surface area contributed by atoms with Gasteiger partial charge in [-0.3, -0.25) is 5.10 Å². The molecule has 0 amide bonds. The van der Waals surface area contributed by atoms with E-state index in [2.05, 4.69) is 25.3 Å². The van der Waals surface area contributed by atoms with E-state index >= 15 is 0 Å². The Morgan fingerprint density at radius 2 is 1.70 bits per heavy atom. The maximum absolute atomic E-state index is 5.43. The summed E-state index contributed by atoms with van der Waals surface area (Å²) >= 11 is 1.40. The zero-order valence-electron chi connectivity index (χ0n) is 16.6. The maximum Gasteiger partial charge on any atom is 0.257 e. The summed E-state index contributed by atoms with van der Waals surface area (Å²) in [6.45, 7) is 0. The molecule has 4 rings (SSSR count). The van der Waals surface area contributed by atoms with Gasteiger partial charge in [-0.25, -0.2) is 4.98 Å². The average molecular weight is 425 g/mol. The maximum atomic E-state index is 5.43. The molecule has 154 valence electrons. The van der Waals surface area contributed by atoms with Gasteiger partial charge in [-0.15, -0.1) is 5.10 Å². The van der Waals surface area contributed by atoms with Crippen LogP contribution in [0.25, 0.3) is 22.8 Å². The molecular formula is C20H19N5O4S. The van der Waals surface area contributed by atoms with Crippen LogP contribution in [0.2, 0.25) is 0 Å². The molecule has 0 saturated carbocycles. The van der Waals surface area contributed by atoms with Crippen LogP contribution in [0.4, 0.5) is 0 Å². The van der Waals surface area contributed by atoms with E-state index in [9.17, 15) is 0 Å². The fourth-order valence-corrected chi connectivity index (χ4v) is 3.36. The van der Waals surface area contributed by atoms with Crippen LogP contribution in [0, 0.1) is 0 Å². The summed E-state index contributed by atoms with van der Waals surface area (Å²) in [5.74, 6) is 4.19. The number of nitrogens with zero attached hydrogens (tertiary/aromatic N) is 4. The minimum absolute atomic E-state index is 0.451. The third-order valence-corrected chi connectivity index (χ3v) is 5.11. The summed E-state index contributed by atoms with van der Waals surface area (Å²) in [6, 6.07) is 12.9. The number of benzene rings is 2. The molecule has 0 radical (unpaired) electrons. The molecule has 30 heavy (non-hydrogen) atoms. The number of H-pyrrole nitrogens is 1. The number of hydrogen-bond donors (Lipinski definition) is 1. The van der Waals surface area contributed by atoms with Gasteiger partial charge >= 0.3 is 0 Å². The van der Waals surface area contributed by atoms with Crippen LogP contribution in [-0.2, 0) is 5.75 Å². The van der Waals surface area contributed by atoms with Gasteiger partial charge in [-0.1, -0.05) is 16.9 Å². The van der Waals surface area contributed by atoms with E-state index < -0.39 is 0 Å². The van der Waals surface area contributed by atoms with Gasteiger partial charge in [-0.05, 0) is 36.4 Å². The van der Waals surface area contributed by atoms with Gasteiger partial charge in [-0.2, -0.15) is 4.98 Å². The molecule has 2 aromatic carbocycles. The van der Waals surface area contributed by atoms with Crippen LogP contribution in [0.5, 0.6) is 17.2 Å². The lowest BCUT2D eigenvalue weighted by molar-refractivity contribution is 0.395. The Morgan fingerprint density at radius 3 is 2.43 bits per heavy atom. The third kappa shape index (κ3) is 4.23. The first-order chi connectivity index (χ1) is 14.7. The third-order valence-electron chi connectivity index (χ3n) is 4.26. The van der Waals surface area contributed by atoms with Crippen molar-refractivity contribution in [3.05, 3.63) is 48.3 Å². The zero-order chi connectivity index (χ0) is 20.9. The standard InChI is InChI=1S/C20H19N5O4S/c1-26-13-6-4-12(5-7-13)19-21-17(25-29-19)11-30-20-22-18(23-24-20)15-9-8-14(27-2)10-16(15)28-3/h4-10H,11H2,1-3H3,(H,22,23,24). The van der Waals surface area contributed by atoms with Gasteiger partial charge in [0.25, 0.3) is 5.89 Å². The molecule has 0 aliphatic rings. The molecule has 0 aliphatic heterocycles. The van der Waals surface area contributed by atoms with Crippen molar-refractivity contribution in [2.24, 2.45) is 0 Å². The SMILES string of the molecule is COc1ccc(-c2nc(CSc3n[nH]c(-c4ccc(OC)cc4OC)n3)no2)cc1. The van der Waals surface area contributed by atoms with Crippen LogP contribution in [0.1, 0.15) is 5.82 Å². The van der Waals surface area contributed by atoms with E-state index in [1.807, 2.05) is 36.4 Å². The second-order valence-corrected chi connectivity index (χ2v) is 7.01. The number of hydrogen-bond acceptors (Lipinski definition) is 9. The van der Waals surface area contributed by atoms with Crippen molar-refractivity contribution in [2.45, 2.75) is 10.9 Å². The van der Waals surface area contributed by atoms with Crippen molar-refractivity contribution in [1.29, 1.82) is 0 Å². The first-order valence-electron chi connectivity index (χ1n) is 8.94. The molecule has 1 N–H and O–H groups in total. The number of rotatable bonds is 8. The second kappa shape index (κ2) is 8.87. The van der Waals surface area contributed by atoms with Crippen LogP contribution < -0.4 is 14.2 Å². The lowest BCUT2D eigenvalue weighted by atomic mass is 10.2. The molecule has 0 fully saturated rings. The molecule has 0 aliphatic carbocycles. The van der Waals surface area contributed by atoms with E-state index in [0.29, 0.717) is 39.9 Å². The fraction of sp³-hybridized carbons (Fsp3) is 0.200. The lowest BCUT2D eigenvalue weighted by Crippen LogP contribution is -1.91. The molecule has 0 bridgehead atoms. The van der Waals surface area contributed by atoms with Gasteiger partial charge in [0.2, 0.25) is 5.16 Å². The quantitative estimate of drug-likeness (QED) is 0.421. The summed E-state index contributed by atoms with van der Waals surface area (Å²) in [6.07, 6.45) is 0. The Kier molecular flexibility index (Phi) is 5.84. The van der Waals surface area contributed by atoms with E-state index in [0.717, 1.165) is 16.9 Å². The summed E-state index contributed by atoms with van der Waals surface area (Å²) in [4.78, 5) is 8.94. The summed E-state index contributed by atoms with van der Waals surface area (Å²) in [5.41, 5.74) is 1.62. The Labute approximate surface area is 176 Å². The molecule has 2 heterocycles. The lowest BCUT2D eigenvalue weighted by Gasteiger charge is -2.07. The van der Waals surface area contributed by atoms with Crippen LogP contribution >= 0.6 is 11.8 Å². The van der Waals surface area contributed by atoms with Crippen LogP contribution in [-0.4, -0.2) is 46.7 Å². The molecule has 9 nitrogen and oxygen atoms in total. The number of aromatic amines is 1. The van der Waals surface area contributed by atoms with Crippen molar-refractivity contribution in [3.63, 3.8) is 0 Å². The van der Waals surface area contributed by atoms with E-state index in [1.165, 1.54) is 11.8 Å². The van der Waals surface area contributed by atoms with Gasteiger partial charge in [0.1, 0.15) is 17.2 Å². The van der Waals surface area contributed by atoms with E-state index in [4.69, 9.17) is 18.7 Å². The fourth-order valence-electron chi connectivity index (χ4n) is 2.72. The van der Waals surface area contributed by atoms with Gasteiger partial charge in [0.15, 0.2) is 11.6 Å². The molecule has 0 atom stereocenters. The Morgan fingerprint density at radius 1 is 0.933 bits per heavy atom. The highest BCUT2D eigenvalue weighted by Crippen LogP contribution is 2.32. The number of aromatic nitrogens is 5. The van der Waals surface area contributed by atoms with Crippen molar-refractivity contribution < 1.29 is 18.7 Å². The smallest absolute Gasteiger partial charge is 0.257 e. The first-order valence-corrected chi connectivity index (χ1v) is 9.93. The van der Waals surface area contributed by atoms with E-state index in [-0.39, 0.29) is 0 Å². The molecule has 2 aromatic heterocycles. The normalized spacial score (nSPS) is 10.8. The minimum atomic E-state index is 0.451. The average Bonchev–Trinajstić information content (AvgIpc) is 3.47. The van der Waals surface area contributed by atoms with E-state index in [1.54, 1.807) is 27.4 Å². The number of ether oxygens (including phenoxy) is 3. The molecule has 0 spiro atoms. The summed E-state index contributed by atoms with van der Waals surface area (Å²) in [5, 5.41) is 11.8. The Balaban J connectivity index is 1.43. The Bertz CT molecular complexity index is 1130. The minimum Gasteiger partial charge on any atom is -0.497 e. The number of methoxy groups -OCH3 is 3. The summed E-state index contributed by atoms with van der Waals surface area (Å²) < 4.78 is 21.2. The van der Waals surface area contributed by atoms with Crippen LogP contribution in [0.3, 0.4) is 0 Å². The molecule has 4 aromatic rings. The van der Waals surface area contributed by atoms with Crippen molar-refractivity contribution in [3.8, 4) is 40.1 Å². The highest BCUT2D eigenvalue weighted by Gasteiger charge is 2.14. The molecule has 0 unspecified atom stereocenters. The van der Waals surface area contributed by atoms with Crippen molar-refractivity contribution in [2.75, 3.05) is 21.3 Å². The Hall–Kier alpha value is -3.53. The van der Waals surface area contributed by atoms with Gasteiger partial charge in [0, 0.05) is 11.6 Å². The second-order valence-electron chi connectivity index (χ2n) is 6.07. The highest BCUT2D eigenvalue weighted by atomic mass is 32.2. The van der Waals surface area contributed by atoms with Crippen LogP contribution in [0.15, 0.2) is 52.1 Å².